The molecule has 0 saturated heterocycles. The lowest BCUT2D eigenvalue weighted by Crippen LogP contribution is -2.32. The third-order valence-corrected chi connectivity index (χ3v) is 3.89. The predicted octanol–water partition coefficient (Wildman–Crippen LogP) is 3.08. The van der Waals surface area contributed by atoms with Gasteiger partial charge in [0.2, 0.25) is 5.91 Å². The van der Waals surface area contributed by atoms with Gasteiger partial charge in [-0.15, -0.1) is 0 Å². The van der Waals surface area contributed by atoms with Gasteiger partial charge in [-0.25, -0.2) is 0 Å². The second kappa shape index (κ2) is 7.15. The molecule has 5 nitrogen and oxygen atoms in total. The maximum Gasteiger partial charge on any atom is 0.224 e. The van der Waals surface area contributed by atoms with Gasteiger partial charge in [-0.2, -0.15) is 5.10 Å². The Labute approximate surface area is 138 Å². The fourth-order valence-electron chi connectivity index (χ4n) is 2.36. The summed E-state index contributed by atoms with van der Waals surface area (Å²) in [6, 6.07) is 12.7. The molecule has 1 N–H and O–H groups in total. The smallest absolute Gasteiger partial charge is 0.224 e. The molecule has 2 heterocycles. The van der Waals surface area contributed by atoms with Gasteiger partial charge in [0.25, 0.3) is 0 Å². The monoisotopic (exact) mass is 329 g/mol. The number of carbonyl (C=O) groups excluding carboxylic acids is 1. The van der Waals surface area contributed by atoms with Gasteiger partial charge in [-0.1, -0.05) is 29.8 Å². The zero-order valence-electron chi connectivity index (χ0n) is 12.4. The number of nitrogens with zero attached hydrogens (tertiary/aromatic N) is 2. The summed E-state index contributed by atoms with van der Waals surface area (Å²) in [5, 5.41) is 7.74. The van der Waals surface area contributed by atoms with Crippen molar-refractivity contribution < 1.29 is 9.21 Å². The average molecular weight is 330 g/mol. The van der Waals surface area contributed by atoms with Crippen LogP contribution in [0.4, 0.5) is 0 Å². The first kappa shape index (κ1) is 15.4. The predicted molar refractivity (Wildman–Crippen MR) is 87.2 cm³/mol. The minimum atomic E-state index is -0.185. The molecule has 0 aliphatic rings. The van der Waals surface area contributed by atoms with Gasteiger partial charge in [0.15, 0.2) is 0 Å². The lowest BCUT2D eigenvalue weighted by Gasteiger charge is -2.16. The fourth-order valence-corrected chi connectivity index (χ4v) is 2.56. The lowest BCUT2D eigenvalue weighted by molar-refractivity contribution is -0.120. The minimum absolute atomic E-state index is 0.0955. The van der Waals surface area contributed by atoms with E-state index in [9.17, 15) is 4.79 Å². The van der Waals surface area contributed by atoms with Crippen LogP contribution in [-0.2, 0) is 11.2 Å². The van der Waals surface area contributed by atoms with Crippen molar-refractivity contribution in [2.24, 2.45) is 0 Å². The number of hydrogen-bond acceptors (Lipinski definition) is 3. The van der Waals surface area contributed by atoms with Gasteiger partial charge in [0, 0.05) is 24.0 Å². The molecule has 3 rings (SSSR count). The molecule has 0 saturated carbocycles. The van der Waals surface area contributed by atoms with Crippen LogP contribution in [0.15, 0.2) is 65.5 Å². The van der Waals surface area contributed by atoms with Crippen molar-refractivity contribution in [3.8, 4) is 0 Å². The Bertz CT molecular complexity index is 720. The summed E-state index contributed by atoms with van der Waals surface area (Å²) in [6.45, 7) is 0.387. The van der Waals surface area contributed by atoms with E-state index in [1.807, 2.05) is 42.6 Å². The van der Waals surface area contributed by atoms with Crippen LogP contribution in [0, 0.1) is 0 Å². The molecule has 0 radical (unpaired) electrons. The first-order valence-corrected chi connectivity index (χ1v) is 7.64. The van der Waals surface area contributed by atoms with Gasteiger partial charge in [0.05, 0.1) is 12.7 Å². The molecule has 6 heteroatoms. The minimum Gasteiger partial charge on any atom is -0.467 e. The van der Waals surface area contributed by atoms with Gasteiger partial charge < -0.3 is 9.73 Å². The highest BCUT2D eigenvalue weighted by molar-refractivity contribution is 6.31. The van der Waals surface area contributed by atoms with Crippen molar-refractivity contribution in [3.05, 3.63) is 77.5 Å². The van der Waals surface area contributed by atoms with Crippen molar-refractivity contribution in [1.82, 2.24) is 15.1 Å². The number of aromatic nitrogens is 2. The molecule has 0 fully saturated rings. The Morgan fingerprint density at radius 3 is 2.83 bits per heavy atom. The van der Waals surface area contributed by atoms with E-state index < -0.39 is 0 Å². The zero-order valence-corrected chi connectivity index (χ0v) is 13.1. The summed E-state index contributed by atoms with van der Waals surface area (Å²) in [5.41, 5.74) is 0.806. The maximum atomic E-state index is 12.2. The Balaban J connectivity index is 1.65. The fraction of sp³-hybridized carbons (Fsp3) is 0.176. The highest BCUT2D eigenvalue weighted by Crippen LogP contribution is 2.18. The number of hydrogen-bond donors (Lipinski definition) is 1. The largest absolute Gasteiger partial charge is 0.467 e. The summed E-state index contributed by atoms with van der Waals surface area (Å²) >= 11 is 6.08. The molecule has 118 valence electrons. The molecule has 3 aromatic rings. The quantitative estimate of drug-likeness (QED) is 0.756. The number of halogens is 1. The molecule has 0 aliphatic heterocycles. The van der Waals surface area contributed by atoms with E-state index in [0.29, 0.717) is 11.6 Å². The van der Waals surface area contributed by atoms with E-state index in [2.05, 4.69) is 10.4 Å². The van der Waals surface area contributed by atoms with Gasteiger partial charge in [-0.3, -0.25) is 9.48 Å². The van der Waals surface area contributed by atoms with Crippen LogP contribution in [0.5, 0.6) is 0 Å². The second-order valence-corrected chi connectivity index (χ2v) is 5.50. The Morgan fingerprint density at radius 2 is 2.13 bits per heavy atom. The number of benzene rings is 1. The molecule has 1 aromatic carbocycles. The van der Waals surface area contributed by atoms with E-state index in [-0.39, 0.29) is 18.4 Å². The third-order valence-electron chi connectivity index (χ3n) is 3.52. The molecule has 1 atom stereocenters. The highest BCUT2D eigenvalue weighted by Gasteiger charge is 2.18. The van der Waals surface area contributed by atoms with E-state index in [0.717, 1.165) is 11.3 Å². The topological polar surface area (TPSA) is 60.1 Å². The summed E-state index contributed by atoms with van der Waals surface area (Å²) in [5.74, 6) is 0.647. The SMILES string of the molecule is O=C(Cc1ccccc1Cl)NC[C@@H](c1ccco1)n1cccn1. The van der Waals surface area contributed by atoms with E-state index in [1.54, 1.807) is 23.2 Å². The summed E-state index contributed by atoms with van der Waals surface area (Å²) in [6.07, 6.45) is 5.38. The molecular weight excluding hydrogens is 314 g/mol. The standard InChI is InChI=1S/C17H16ClN3O2/c18-14-6-2-1-5-13(14)11-17(22)19-12-15(16-7-3-10-23-16)21-9-4-8-20-21/h1-10,15H,11-12H2,(H,19,22)/t15-/m0/s1. The second-order valence-electron chi connectivity index (χ2n) is 5.09. The summed E-state index contributed by atoms with van der Waals surface area (Å²) in [4.78, 5) is 12.2. The van der Waals surface area contributed by atoms with Crippen LogP contribution in [-0.4, -0.2) is 22.2 Å². The van der Waals surface area contributed by atoms with Crippen LogP contribution in [0.2, 0.25) is 5.02 Å². The summed E-state index contributed by atoms with van der Waals surface area (Å²) in [7, 11) is 0. The maximum absolute atomic E-state index is 12.2. The van der Waals surface area contributed by atoms with Crippen molar-refractivity contribution >= 4 is 17.5 Å². The van der Waals surface area contributed by atoms with Crippen LogP contribution < -0.4 is 5.32 Å². The van der Waals surface area contributed by atoms with Gasteiger partial charge in [0.1, 0.15) is 11.8 Å². The van der Waals surface area contributed by atoms with Crippen molar-refractivity contribution in [1.29, 1.82) is 0 Å². The first-order chi connectivity index (χ1) is 11.2. The summed E-state index contributed by atoms with van der Waals surface area (Å²) < 4.78 is 7.21. The van der Waals surface area contributed by atoms with Crippen molar-refractivity contribution in [2.75, 3.05) is 6.54 Å². The highest BCUT2D eigenvalue weighted by atomic mass is 35.5. The Hall–Kier alpha value is -2.53. The molecule has 0 unspecified atom stereocenters. The Kier molecular flexibility index (Phi) is 4.78. The van der Waals surface area contributed by atoms with Crippen LogP contribution >= 0.6 is 11.6 Å². The van der Waals surface area contributed by atoms with Crippen LogP contribution in [0.3, 0.4) is 0 Å². The van der Waals surface area contributed by atoms with Crippen molar-refractivity contribution in [2.45, 2.75) is 12.5 Å². The van der Waals surface area contributed by atoms with Crippen LogP contribution in [0.1, 0.15) is 17.4 Å². The normalized spacial score (nSPS) is 12.0. The van der Waals surface area contributed by atoms with E-state index in [4.69, 9.17) is 16.0 Å². The third kappa shape index (κ3) is 3.81. The zero-order chi connectivity index (χ0) is 16.1. The average Bonchev–Trinajstić information content (AvgIpc) is 3.23. The van der Waals surface area contributed by atoms with Crippen LogP contribution in [0.25, 0.3) is 0 Å². The van der Waals surface area contributed by atoms with Crippen molar-refractivity contribution in [3.63, 3.8) is 0 Å². The first-order valence-electron chi connectivity index (χ1n) is 7.26. The lowest BCUT2D eigenvalue weighted by atomic mass is 10.1. The molecule has 0 spiro atoms. The van der Waals surface area contributed by atoms with Gasteiger partial charge >= 0.3 is 0 Å². The van der Waals surface area contributed by atoms with E-state index in [1.165, 1.54) is 0 Å². The number of nitrogens with one attached hydrogen (secondary N) is 1. The molecule has 0 aliphatic carbocycles. The van der Waals surface area contributed by atoms with E-state index >= 15 is 0 Å². The number of rotatable bonds is 6. The van der Waals surface area contributed by atoms with Gasteiger partial charge in [-0.05, 0) is 29.8 Å². The molecule has 0 bridgehead atoms. The molecule has 1 amide bonds. The number of furan rings is 1. The Morgan fingerprint density at radius 1 is 1.26 bits per heavy atom. The number of amides is 1. The molecule has 23 heavy (non-hydrogen) atoms. The number of carbonyl (C=O) groups is 1. The molecule has 2 aromatic heterocycles. The molecular formula is C17H16ClN3O2.